The molecule has 0 aliphatic heterocycles. The molecule has 3 rings (SSSR count). The van der Waals surface area contributed by atoms with E-state index in [2.05, 4.69) is 15.9 Å². The molecule has 0 saturated carbocycles. The number of ether oxygens (including phenoxy) is 1. The van der Waals surface area contributed by atoms with E-state index in [-0.39, 0.29) is 17.9 Å². The molecular weight excluding hydrogens is 420 g/mol. The minimum absolute atomic E-state index is 0.00822. The number of hydrogen-bond donors (Lipinski definition) is 0. The maximum Gasteiger partial charge on any atom is 0.325 e. The van der Waals surface area contributed by atoms with Crippen molar-refractivity contribution in [3.63, 3.8) is 0 Å². The Morgan fingerprint density at radius 3 is 2.73 bits per heavy atom. The number of halogens is 2. The van der Waals surface area contributed by atoms with Gasteiger partial charge in [0.25, 0.3) is 0 Å². The topological polar surface area (TPSA) is 51.5 Å². The van der Waals surface area contributed by atoms with Gasteiger partial charge in [-0.1, -0.05) is 27.5 Å². The minimum Gasteiger partial charge on any atom is -0.465 e. The number of benzene rings is 1. The molecule has 0 unspecified atom stereocenters. The fraction of sp³-hybridized carbons (Fsp3) is 0.368. The normalized spacial score (nSPS) is 13.3. The number of aromatic nitrogens is 1. The van der Waals surface area contributed by atoms with Crippen LogP contribution in [0.5, 0.6) is 0 Å². The van der Waals surface area contributed by atoms with Crippen molar-refractivity contribution in [1.29, 1.82) is 0 Å². The summed E-state index contributed by atoms with van der Waals surface area (Å²) in [6.07, 6.45) is 3.31. The van der Waals surface area contributed by atoms with E-state index in [1.807, 2.05) is 29.6 Å². The van der Waals surface area contributed by atoms with E-state index in [4.69, 9.17) is 16.3 Å². The molecule has 1 aliphatic rings. The highest BCUT2D eigenvalue weighted by molar-refractivity contribution is 9.11. The maximum absolute atomic E-state index is 13.1. The summed E-state index contributed by atoms with van der Waals surface area (Å²) in [6.45, 7) is 2.10. The number of allylic oxidation sites excluding steroid dienone is 1. The summed E-state index contributed by atoms with van der Waals surface area (Å²) < 4.78 is 8.00. The lowest BCUT2D eigenvalue weighted by molar-refractivity contribution is -0.143. The van der Waals surface area contributed by atoms with Gasteiger partial charge in [-0.05, 0) is 42.5 Å². The third-order valence-electron chi connectivity index (χ3n) is 4.44. The summed E-state index contributed by atoms with van der Waals surface area (Å²) in [5, 5.41) is 1.09. The molecule has 0 amide bonds. The highest BCUT2D eigenvalue weighted by Crippen LogP contribution is 2.35. The fourth-order valence-corrected chi connectivity index (χ4v) is 4.11. The third-order valence-corrected chi connectivity index (χ3v) is 5.37. The molecular formula is C19H20BrClN2O3. The van der Waals surface area contributed by atoms with Gasteiger partial charge in [0.2, 0.25) is 0 Å². The Hall–Kier alpha value is -1.79. The molecule has 0 N–H and O–H groups in total. The van der Waals surface area contributed by atoms with E-state index in [1.54, 1.807) is 19.1 Å². The van der Waals surface area contributed by atoms with E-state index in [9.17, 15) is 9.59 Å². The van der Waals surface area contributed by atoms with Crippen LogP contribution in [0.4, 0.5) is 5.69 Å². The predicted molar refractivity (Wildman–Crippen MR) is 109 cm³/mol. The molecule has 1 aromatic heterocycles. The first-order valence-electron chi connectivity index (χ1n) is 8.42. The van der Waals surface area contributed by atoms with Crippen molar-refractivity contribution in [2.45, 2.75) is 26.3 Å². The molecule has 0 bridgehead atoms. The van der Waals surface area contributed by atoms with Crippen molar-refractivity contribution >= 4 is 56.2 Å². The molecule has 1 aliphatic carbocycles. The van der Waals surface area contributed by atoms with Gasteiger partial charge in [0.1, 0.15) is 6.54 Å². The van der Waals surface area contributed by atoms with Crippen molar-refractivity contribution in [2.24, 2.45) is 0 Å². The average Bonchev–Trinajstić information content (AvgIpc) is 2.58. The highest BCUT2D eigenvalue weighted by Gasteiger charge is 2.24. The summed E-state index contributed by atoms with van der Waals surface area (Å²) in [7, 11) is 3.73. The zero-order valence-electron chi connectivity index (χ0n) is 14.9. The molecule has 0 saturated heterocycles. The molecule has 0 radical (unpaired) electrons. The van der Waals surface area contributed by atoms with Gasteiger partial charge in [-0.2, -0.15) is 0 Å². The van der Waals surface area contributed by atoms with Crippen LogP contribution in [0.3, 0.4) is 0 Å². The third kappa shape index (κ3) is 3.28. The van der Waals surface area contributed by atoms with Crippen molar-refractivity contribution in [1.82, 2.24) is 4.57 Å². The van der Waals surface area contributed by atoms with E-state index >= 15 is 0 Å². The Morgan fingerprint density at radius 2 is 2.08 bits per heavy atom. The molecule has 1 heterocycles. The second-order valence-corrected chi connectivity index (χ2v) is 7.79. The Balaban J connectivity index is 2.44. The van der Waals surface area contributed by atoms with E-state index in [0.29, 0.717) is 34.6 Å². The van der Waals surface area contributed by atoms with Crippen LogP contribution >= 0.6 is 27.5 Å². The van der Waals surface area contributed by atoms with E-state index < -0.39 is 0 Å². The second kappa shape index (κ2) is 7.45. The second-order valence-electron chi connectivity index (χ2n) is 6.36. The number of anilines is 1. The first-order valence-corrected chi connectivity index (χ1v) is 9.59. The Bertz CT molecular complexity index is 979. The molecule has 0 fully saturated rings. The molecule has 1 aromatic carbocycles. The molecule has 26 heavy (non-hydrogen) atoms. The number of hydrogen-bond acceptors (Lipinski definition) is 4. The van der Waals surface area contributed by atoms with Crippen molar-refractivity contribution in [3.8, 4) is 0 Å². The van der Waals surface area contributed by atoms with Gasteiger partial charge in [-0.15, -0.1) is 0 Å². The monoisotopic (exact) mass is 438 g/mol. The van der Waals surface area contributed by atoms with Crippen LogP contribution < -0.4 is 10.3 Å². The van der Waals surface area contributed by atoms with Crippen molar-refractivity contribution in [3.05, 3.63) is 43.1 Å². The van der Waals surface area contributed by atoms with Crippen LogP contribution in [0, 0.1) is 0 Å². The maximum atomic E-state index is 13.1. The van der Waals surface area contributed by atoms with Crippen LogP contribution in [-0.2, 0) is 22.5 Å². The summed E-state index contributed by atoms with van der Waals surface area (Å²) in [5.41, 5.74) is 2.81. The lowest BCUT2D eigenvalue weighted by Crippen LogP contribution is -2.26. The predicted octanol–water partition coefficient (Wildman–Crippen LogP) is 3.97. The molecule has 0 spiro atoms. The highest BCUT2D eigenvalue weighted by atomic mass is 79.9. The van der Waals surface area contributed by atoms with Gasteiger partial charge in [0, 0.05) is 30.7 Å². The van der Waals surface area contributed by atoms with Gasteiger partial charge in [-0.25, -0.2) is 0 Å². The first kappa shape index (κ1) is 19.0. The number of rotatable bonds is 4. The van der Waals surface area contributed by atoms with Gasteiger partial charge in [-0.3, -0.25) is 9.59 Å². The average molecular weight is 440 g/mol. The molecule has 0 atom stereocenters. The largest absolute Gasteiger partial charge is 0.465 e. The SMILES string of the molecule is CCOC(=O)Cn1c2c(c(=O)c3ccc(Cl)c(N(C)C)c31)CCC(Br)=C2. The van der Waals surface area contributed by atoms with Gasteiger partial charge in [0.05, 0.1) is 22.8 Å². The Labute approximate surface area is 165 Å². The zero-order chi connectivity index (χ0) is 19.0. The molecule has 138 valence electrons. The zero-order valence-corrected chi connectivity index (χ0v) is 17.3. The Morgan fingerprint density at radius 1 is 1.35 bits per heavy atom. The number of carbonyl (C=O) groups excluding carboxylic acids is 1. The molecule has 7 heteroatoms. The fourth-order valence-electron chi connectivity index (χ4n) is 3.37. The quantitative estimate of drug-likeness (QED) is 0.677. The number of fused-ring (bicyclic) bond motifs is 2. The number of esters is 1. The van der Waals surface area contributed by atoms with Crippen LogP contribution in [0.2, 0.25) is 5.02 Å². The van der Waals surface area contributed by atoms with Crippen molar-refractivity contribution < 1.29 is 9.53 Å². The number of nitrogens with zero attached hydrogens (tertiary/aromatic N) is 2. The van der Waals surface area contributed by atoms with Crippen LogP contribution in [0.25, 0.3) is 17.0 Å². The number of carbonyl (C=O) groups is 1. The van der Waals surface area contributed by atoms with Gasteiger partial charge < -0.3 is 14.2 Å². The lowest BCUT2D eigenvalue weighted by atomic mass is 9.97. The minimum atomic E-state index is -0.348. The van der Waals surface area contributed by atoms with Crippen LogP contribution in [-0.4, -0.2) is 31.2 Å². The van der Waals surface area contributed by atoms with E-state index in [0.717, 1.165) is 22.2 Å². The van der Waals surface area contributed by atoms with Gasteiger partial charge >= 0.3 is 5.97 Å². The summed E-state index contributed by atoms with van der Waals surface area (Å²) in [4.78, 5) is 27.2. The lowest BCUT2D eigenvalue weighted by Gasteiger charge is -2.25. The summed E-state index contributed by atoms with van der Waals surface area (Å²) >= 11 is 9.97. The summed E-state index contributed by atoms with van der Waals surface area (Å²) in [5.74, 6) is -0.348. The Kier molecular flexibility index (Phi) is 5.44. The smallest absolute Gasteiger partial charge is 0.325 e. The molecule has 5 nitrogen and oxygen atoms in total. The summed E-state index contributed by atoms with van der Waals surface area (Å²) in [6, 6.07) is 3.47. The number of pyridine rings is 1. The standard InChI is InChI=1S/C19H20BrClN2O3/c1-4-26-16(24)10-23-15-9-11(20)5-6-12(15)19(25)13-7-8-14(21)18(17(13)23)22(2)3/h7-9H,4-6,10H2,1-3H3. The van der Waals surface area contributed by atoms with Gasteiger partial charge in [0.15, 0.2) is 5.43 Å². The van der Waals surface area contributed by atoms with Crippen LogP contribution in [0.15, 0.2) is 21.4 Å². The molecule has 2 aromatic rings. The van der Waals surface area contributed by atoms with Crippen LogP contribution in [0.1, 0.15) is 24.6 Å². The van der Waals surface area contributed by atoms with Crippen molar-refractivity contribution in [2.75, 3.05) is 25.6 Å². The first-order chi connectivity index (χ1) is 12.3. The van der Waals surface area contributed by atoms with E-state index in [1.165, 1.54) is 0 Å².